The third-order valence-corrected chi connectivity index (χ3v) is 12.5. The molecule has 0 aliphatic carbocycles. The second-order valence-corrected chi connectivity index (χ2v) is 18.0. The van der Waals surface area contributed by atoms with Crippen LogP contribution in [0.5, 0.6) is 0 Å². The van der Waals surface area contributed by atoms with Gasteiger partial charge in [-0.15, -0.1) is 0 Å². The van der Waals surface area contributed by atoms with Crippen LogP contribution in [-0.2, 0) is 30.4 Å². The lowest BCUT2D eigenvalue weighted by Gasteiger charge is -2.14. The van der Waals surface area contributed by atoms with E-state index in [1.165, 1.54) is 72.8 Å². The molecule has 0 fully saturated rings. The summed E-state index contributed by atoms with van der Waals surface area (Å²) in [5.74, 6) is 0. The summed E-state index contributed by atoms with van der Waals surface area (Å²) in [6, 6.07) is 29.7. The molecule has 3 aromatic carbocycles. The van der Waals surface area contributed by atoms with Crippen LogP contribution < -0.4 is 0 Å². The summed E-state index contributed by atoms with van der Waals surface area (Å²) < 4.78 is 105. The van der Waals surface area contributed by atoms with E-state index in [0.717, 1.165) is 11.0 Å². The largest absolute Gasteiger partial charge is 0.355 e. The molecule has 6 heterocycles. The van der Waals surface area contributed by atoms with Crippen LogP contribution in [0.3, 0.4) is 0 Å². The van der Waals surface area contributed by atoms with E-state index in [0.29, 0.717) is 72.9 Å². The minimum absolute atomic E-state index is 0.351. The maximum absolute atomic E-state index is 12.3. The summed E-state index contributed by atoms with van der Waals surface area (Å²) in [5, 5.41) is 0. The zero-order chi connectivity index (χ0) is 42.0. The number of nitrogens with zero attached hydrogens (tertiary/aromatic N) is 4. The SMILES string of the molecule is O=S(=O)(O)c1ccc(-c2c3nc(cc4ccc(cc5nc(cc6c(-c7ccncc7)c(-c7ccc(S(=O)(=O)O)cc7)c2n6-c2ccc(S(=O)(=O)O)cc2)C=C5)[nH]4)C=C3)cc1. The van der Waals surface area contributed by atoms with E-state index in [9.17, 15) is 38.9 Å². The van der Waals surface area contributed by atoms with Crippen molar-refractivity contribution in [1.82, 2.24) is 24.5 Å². The molecule has 4 aromatic heterocycles. The Morgan fingerprint density at radius 2 is 0.917 bits per heavy atom. The third-order valence-electron chi connectivity index (χ3n) is 9.91. The Kier molecular flexibility index (Phi) is 9.31. The number of H-pyrrole nitrogens is 1. The lowest BCUT2D eigenvalue weighted by molar-refractivity contribution is 0.481. The number of hydrogen-bond donors (Lipinski definition) is 4. The van der Waals surface area contributed by atoms with Crippen molar-refractivity contribution in [2.24, 2.45) is 0 Å². The van der Waals surface area contributed by atoms with Crippen LogP contribution >= 0.6 is 0 Å². The van der Waals surface area contributed by atoms with Gasteiger partial charge in [-0.05, 0) is 132 Å². The molecule has 0 unspecified atom stereocenters. The van der Waals surface area contributed by atoms with Crippen LogP contribution in [0.15, 0.2) is 142 Å². The molecule has 0 amide bonds. The van der Waals surface area contributed by atoms with Gasteiger partial charge in [0.05, 0.1) is 48.5 Å². The summed E-state index contributed by atoms with van der Waals surface area (Å²) in [6.07, 6.45) is 10.5. The summed E-state index contributed by atoms with van der Waals surface area (Å²) in [7, 11) is -13.8. The zero-order valence-corrected chi connectivity index (χ0v) is 33.2. The van der Waals surface area contributed by atoms with Gasteiger partial charge >= 0.3 is 0 Å². The van der Waals surface area contributed by atoms with Crippen LogP contribution in [0.4, 0.5) is 0 Å². The monoisotopic (exact) mass is 855 g/mol. The molecule has 298 valence electrons. The third kappa shape index (κ3) is 7.36. The topological polar surface area (TPSA) is 222 Å². The van der Waals surface area contributed by atoms with Crippen molar-refractivity contribution in [2.45, 2.75) is 14.7 Å². The van der Waals surface area contributed by atoms with Crippen LogP contribution in [0.2, 0.25) is 0 Å². The Hall–Kier alpha value is -6.86. The van der Waals surface area contributed by atoms with Crippen molar-refractivity contribution in [3.63, 3.8) is 0 Å². The molecular weight excluding hydrogens is 827 g/mol. The number of fused-ring (bicyclic) bond motifs is 8. The molecule has 14 nitrogen and oxygen atoms in total. The van der Waals surface area contributed by atoms with Gasteiger partial charge in [-0.1, -0.05) is 24.3 Å². The molecule has 0 saturated heterocycles. The lowest BCUT2D eigenvalue weighted by Crippen LogP contribution is -2.01. The van der Waals surface area contributed by atoms with Crippen LogP contribution in [0.25, 0.3) is 85.4 Å². The average molecular weight is 856 g/mol. The van der Waals surface area contributed by atoms with Gasteiger partial charge in [-0.25, -0.2) is 9.97 Å². The maximum Gasteiger partial charge on any atom is 0.294 e. The highest BCUT2D eigenvalue weighted by Gasteiger charge is 2.27. The first-order valence-electron chi connectivity index (χ1n) is 17.9. The predicted molar refractivity (Wildman–Crippen MR) is 227 cm³/mol. The number of pyridine rings is 1. The van der Waals surface area contributed by atoms with Crippen LogP contribution in [0.1, 0.15) is 22.8 Å². The van der Waals surface area contributed by atoms with Crippen molar-refractivity contribution >= 4 is 76.7 Å². The van der Waals surface area contributed by atoms with E-state index >= 15 is 0 Å². The minimum Gasteiger partial charge on any atom is -0.355 e. The van der Waals surface area contributed by atoms with Gasteiger partial charge in [0.25, 0.3) is 30.4 Å². The van der Waals surface area contributed by atoms with Crippen molar-refractivity contribution in [3.8, 4) is 39.1 Å². The minimum atomic E-state index is -4.60. The van der Waals surface area contributed by atoms with Gasteiger partial charge in [0.2, 0.25) is 0 Å². The first-order valence-corrected chi connectivity index (χ1v) is 22.2. The van der Waals surface area contributed by atoms with Gasteiger partial charge in [0, 0.05) is 45.8 Å². The number of nitrogens with one attached hydrogen (secondary N) is 1. The van der Waals surface area contributed by atoms with Crippen LogP contribution in [0, 0.1) is 0 Å². The number of rotatable bonds is 7. The lowest BCUT2D eigenvalue weighted by atomic mass is 9.93. The van der Waals surface area contributed by atoms with Gasteiger partial charge in [0.1, 0.15) is 0 Å². The normalized spacial score (nSPS) is 12.8. The zero-order valence-electron chi connectivity index (χ0n) is 30.7. The van der Waals surface area contributed by atoms with Crippen molar-refractivity contribution in [3.05, 3.63) is 150 Å². The second-order valence-electron chi connectivity index (χ2n) is 13.8. The Morgan fingerprint density at radius 1 is 0.467 bits per heavy atom. The van der Waals surface area contributed by atoms with E-state index in [2.05, 4.69) is 9.97 Å². The van der Waals surface area contributed by atoms with E-state index in [-0.39, 0.29) is 14.7 Å². The Bertz CT molecular complexity index is 3470. The molecule has 2 aliphatic heterocycles. The van der Waals surface area contributed by atoms with Gasteiger partial charge < -0.3 is 9.55 Å². The first kappa shape index (κ1) is 38.6. The van der Waals surface area contributed by atoms with Crippen molar-refractivity contribution in [1.29, 1.82) is 0 Å². The fourth-order valence-electron chi connectivity index (χ4n) is 7.29. The molecule has 2 aliphatic rings. The second kappa shape index (κ2) is 14.5. The Labute approximate surface area is 342 Å². The first-order chi connectivity index (χ1) is 28.6. The van der Waals surface area contributed by atoms with E-state index < -0.39 is 30.4 Å². The highest BCUT2D eigenvalue weighted by Crippen LogP contribution is 2.47. The average Bonchev–Trinajstić information content (AvgIpc) is 4.03. The van der Waals surface area contributed by atoms with Crippen molar-refractivity contribution in [2.75, 3.05) is 0 Å². The molecule has 0 spiro atoms. The molecule has 9 rings (SSSR count). The highest BCUT2D eigenvalue weighted by molar-refractivity contribution is 7.86. The van der Waals surface area contributed by atoms with Crippen molar-refractivity contribution < 1.29 is 38.9 Å². The number of aromatic amines is 1. The summed E-state index contributed by atoms with van der Waals surface area (Å²) in [4.78, 5) is 16.5. The van der Waals surface area contributed by atoms with E-state index in [4.69, 9.17) is 9.97 Å². The fourth-order valence-corrected chi connectivity index (χ4v) is 8.73. The summed E-state index contributed by atoms with van der Waals surface area (Å²) >= 11 is 0. The van der Waals surface area contributed by atoms with E-state index in [1.54, 1.807) is 36.7 Å². The molecule has 4 N–H and O–H groups in total. The highest BCUT2D eigenvalue weighted by atomic mass is 32.2. The fraction of sp³-hybridized carbons (Fsp3) is 0. The Morgan fingerprint density at radius 3 is 1.45 bits per heavy atom. The molecule has 17 heteroatoms. The number of hydrogen-bond acceptors (Lipinski definition) is 9. The quantitative estimate of drug-likeness (QED) is 0.111. The van der Waals surface area contributed by atoms with Gasteiger partial charge in [-0.3, -0.25) is 18.6 Å². The van der Waals surface area contributed by atoms with Crippen LogP contribution in [-0.4, -0.2) is 63.4 Å². The molecule has 8 bridgehead atoms. The number of aromatic nitrogens is 5. The van der Waals surface area contributed by atoms with Gasteiger partial charge in [-0.2, -0.15) is 25.3 Å². The van der Waals surface area contributed by atoms with Gasteiger partial charge in [0.15, 0.2) is 0 Å². The summed E-state index contributed by atoms with van der Waals surface area (Å²) in [6.45, 7) is 0. The number of benzene rings is 3. The summed E-state index contributed by atoms with van der Waals surface area (Å²) in [5.41, 5.74) is 8.10. The smallest absolute Gasteiger partial charge is 0.294 e. The molecule has 0 saturated carbocycles. The predicted octanol–water partition coefficient (Wildman–Crippen LogP) is 8.25. The molecule has 0 radical (unpaired) electrons. The molecule has 7 aromatic rings. The maximum atomic E-state index is 12.3. The molecule has 60 heavy (non-hydrogen) atoms. The Balaban J connectivity index is 1.58. The molecular formula is C43H29N5O9S3. The van der Waals surface area contributed by atoms with E-state index in [1.807, 2.05) is 47.1 Å². The standard InChI is InChI=1S/C43H29N5O9S3/c49-58(50,51)35-12-1-26(2-13-35)40-38-18-9-32(47-38)24-31-6-5-29(45-31)23-30-7-8-33(46-30)25-39-41(28-19-21-44-22-20-28)42(27-3-14-36(15-4-27)59(52,53)54)43(40)48(39)34-10-16-37(17-11-34)60(55,56)57/h1-25,45H,(H,49,50,51)(H,52,53,54)(H,55,56,57). The molecule has 0 atom stereocenters.